The summed E-state index contributed by atoms with van der Waals surface area (Å²) in [5.74, 6) is -0.0777. The van der Waals surface area contributed by atoms with Crippen LogP contribution < -0.4 is 9.46 Å². The first kappa shape index (κ1) is 18.7. The van der Waals surface area contributed by atoms with Crippen molar-refractivity contribution < 1.29 is 22.8 Å². The van der Waals surface area contributed by atoms with Gasteiger partial charge in [-0.15, -0.1) is 0 Å². The third-order valence-corrected chi connectivity index (χ3v) is 5.34. The van der Waals surface area contributed by atoms with E-state index < -0.39 is 15.9 Å². The van der Waals surface area contributed by atoms with Crippen molar-refractivity contribution in [2.45, 2.75) is 25.0 Å². The number of para-hydroxylation sites is 1. The maximum Gasteiger partial charge on any atom is 0.239 e. The molecule has 8 heteroatoms. The lowest BCUT2D eigenvalue weighted by Gasteiger charge is -2.29. The second-order valence-electron chi connectivity index (χ2n) is 5.86. The summed E-state index contributed by atoms with van der Waals surface area (Å²) in [6.07, 6.45) is 1.84. The van der Waals surface area contributed by atoms with E-state index in [1.807, 2.05) is 5.06 Å². The Morgan fingerprint density at radius 2 is 1.92 bits per heavy atom. The molecule has 1 amide bonds. The molecule has 0 radical (unpaired) electrons. The van der Waals surface area contributed by atoms with Gasteiger partial charge in [0.1, 0.15) is 5.75 Å². The number of amides is 1. The minimum absolute atomic E-state index is 0.179. The highest BCUT2D eigenvalue weighted by Crippen LogP contribution is 2.21. The summed E-state index contributed by atoms with van der Waals surface area (Å²) in [6, 6.07) is 6.86. The van der Waals surface area contributed by atoms with Crippen LogP contribution in [0.1, 0.15) is 24.8 Å². The van der Waals surface area contributed by atoms with Gasteiger partial charge in [0.05, 0.1) is 20.0 Å². The lowest BCUT2D eigenvalue weighted by molar-refractivity contribution is -0.149. The predicted molar refractivity (Wildman–Crippen MR) is 89.7 cm³/mol. The highest BCUT2D eigenvalue weighted by molar-refractivity contribution is 7.89. The predicted octanol–water partition coefficient (Wildman–Crippen LogP) is 1.30. The van der Waals surface area contributed by atoms with Crippen LogP contribution in [0.25, 0.3) is 0 Å². The first-order chi connectivity index (χ1) is 11.4. The van der Waals surface area contributed by atoms with Crippen LogP contribution in [0, 0.1) is 5.92 Å². The van der Waals surface area contributed by atoms with Gasteiger partial charge in [-0.2, -0.15) is 5.06 Å². The standard InChI is InChI=1S/C16H24N2O5S/c1-22-15-6-4-3-5-14(15)12-24(20,21)17-16(19)11-13-7-9-18(23-2)10-8-13/h3-6,13H,7-12H2,1-2H3,(H,17,19). The SMILES string of the molecule is COc1ccccc1CS(=O)(=O)NC(=O)CC1CCN(OC)CC1. The number of piperidine rings is 1. The molecule has 1 fully saturated rings. The van der Waals surface area contributed by atoms with Crippen LogP contribution in [0.4, 0.5) is 0 Å². The molecule has 0 saturated carbocycles. The molecule has 0 atom stereocenters. The Balaban J connectivity index is 1.88. The molecule has 0 unspecified atom stereocenters. The molecule has 0 spiro atoms. The van der Waals surface area contributed by atoms with Crippen LogP contribution in [0.15, 0.2) is 24.3 Å². The molecule has 1 heterocycles. The van der Waals surface area contributed by atoms with E-state index in [2.05, 4.69) is 4.72 Å². The summed E-state index contributed by atoms with van der Waals surface area (Å²) < 4.78 is 31.7. The molecule has 1 saturated heterocycles. The fourth-order valence-electron chi connectivity index (χ4n) is 2.84. The number of ether oxygens (including phenoxy) is 1. The fourth-order valence-corrected chi connectivity index (χ4v) is 3.99. The quantitative estimate of drug-likeness (QED) is 0.793. The molecule has 1 aliphatic rings. The Hall–Kier alpha value is -1.64. The van der Waals surface area contributed by atoms with Crippen LogP contribution in [0.5, 0.6) is 5.75 Å². The largest absolute Gasteiger partial charge is 0.496 e. The minimum atomic E-state index is -3.75. The number of rotatable bonds is 7. The minimum Gasteiger partial charge on any atom is -0.496 e. The topological polar surface area (TPSA) is 84.9 Å². The average Bonchev–Trinajstić information content (AvgIpc) is 2.55. The van der Waals surface area contributed by atoms with Gasteiger partial charge in [-0.3, -0.25) is 9.52 Å². The highest BCUT2D eigenvalue weighted by atomic mass is 32.2. The lowest BCUT2D eigenvalue weighted by Crippen LogP contribution is -2.37. The summed E-state index contributed by atoms with van der Waals surface area (Å²) >= 11 is 0. The summed E-state index contributed by atoms with van der Waals surface area (Å²) in [5.41, 5.74) is 0.522. The van der Waals surface area contributed by atoms with Gasteiger partial charge in [-0.25, -0.2) is 8.42 Å². The monoisotopic (exact) mass is 356 g/mol. The number of benzene rings is 1. The van der Waals surface area contributed by atoms with E-state index in [1.165, 1.54) is 7.11 Å². The van der Waals surface area contributed by atoms with Crippen LogP contribution in [0.3, 0.4) is 0 Å². The lowest BCUT2D eigenvalue weighted by atomic mass is 9.94. The molecule has 7 nitrogen and oxygen atoms in total. The summed E-state index contributed by atoms with van der Waals surface area (Å²) in [5, 5.41) is 1.84. The van der Waals surface area contributed by atoms with Crippen LogP contribution in [-0.4, -0.2) is 46.7 Å². The summed E-state index contributed by atoms with van der Waals surface area (Å²) in [6.45, 7) is 1.50. The van der Waals surface area contributed by atoms with E-state index in [4.69, 9.17) is 9.57 Å². The number of methoxy groups -OCH3 is 1. The second kappa shape index (κ2) is 8.46. The Morgan fingerprint density at radius 1 is 1.25 bits per heavy atom. The van der Waals surface area contributed by atoms with Crippen LogP contribution in [-0.2, 0) is 25.4 Å². The Bertz CT molecular complexity index is 654. The number of hydroxylamine groups is 2. The molecule has 1 aromatic carbocycles. The van der Waals surface area contributed by atoms with Gasteiger partial charge < -0.3 is 9.57 Å². The van der Waals surface area contributed by atoms with Crippen molar-refractivity contribution in [2.24, 2.45) is 5.92 Å². The van der Waals surface area contributed by atoms with Crippen molar-refractivity contribution in [3.8, 4) is 5.75 Å². The van der Waals surface area contributed by atoms with Crippen molar-refractivity contribution in [2.75, 3.05) is 27.3 Å². The van der Waals surface area contributed by atoms with Gasteiger partial charge in [0, 0.05) is 25.1 Å². The maximum atomic E-state index is 12.2. The van der Waals surface area contributed by atoms with Crippen molar-refractivity contribution in [1.82, 2.24) is 9.79 Å². The highest BCUT2D eigenvalue weighted by Gasteiger charge is 2.24. The molecular formula is C16H24N2O5S. The molecule has 0 aliphatic carbocycles. The van der Waals surface area contributed by atoms with Gasteiger partial charge in [0.25, 0.3) is 0 Å². The van der Waals surface area contributed by atoms with Gasteiger partial charge in [-0.05, 0) is 24.8 Å². The Morgan fingerprint density at radius 3 is 2.54 bits per heavy atom. The third-order valence-electron chi connectivity index (χ3n) is 4.11. The first-order valence-electron chi connectivity index (χ1n) is 7.88. The van der Waals surface area contributed by atoms with Gasteiger partial charge in [-0.1, -0.05) is 18.2 Å². The number of carbonyl (C=O) groups is 1. The zero-order valence-corrected chi connectivity index (χ0v) is 14.8. The van der Waals surface area contributed by atoms with Crippen LogP contribution in [0.2, 0.25) is 0 Å². The molecule has 2 rings (SSSR count). The van der Waals surface area contributed by atoms with Crippen molar-refractivity contribution in [1.29, 1.82) is 0 Å². The van der Waals surface area contributed by atoms with E-state index in [9.17, 15) is 13.2 Å². The van der Waals surface area contributed by atoms with E-state index in [1.54, 1.807) is 31.4 Å². The number of carbonyl (C=O) groups excluding carboxylic acids is 1. The molecule has 0 aromatic heterocycles. The molecule has 134 valence electrons. The van der Waals surface area contributed by atoms with Crippen molar-refractivity contribution >= 4 is 15.9 Å². The van der Waals surface area contributed by atoms with Gasteiger partial charge in [0.2, 0.25) is 15.9 Å². The van der Waals surface area contributed by atoms with E-state index in [0.717, 1.165) is 25.9 Å². The van der Waals surface area contributed by atoms with E-state index >= 15 is 0 Å². The summed E-state index contributed by atoms with van der Waals surface area (Å²) in [7, 11) is -0.642. The van der Waals surface area contributed by atoms with Gasteiger partial charge >= 0.3 is 0 Å². The fraction of sp³-hybridized carbons (Fsp3) is 0.562. The average molecular weight is 356 g/mol. The Kier molecular flexibility index (Phi) is 6.59. The van der Waals surface area contributed by atoms with E-state index in [0.29, 0.717) is 11.3 Å². The molecule has 24 heavy (non-hydrogen) atoms. The molecule has 1 aliphatic heterocycles. The number of hydrogen-bond acceptors (Lipinski definition) is 6. The smallest absolute Gasteiger partial charge is 0.239 e. The molecular weight excluding hydrogens is 332 g/mol. The first-order valence-corrected chi connectivity index (χ1v) is 9.53. The molecule has 0 bridgehead atoms. The normalized spacial score (nSPS) is 16.8. The zero-order valence-electron chi connectivity index (χ0n) is 14.0. The molecule has 1 aromatic rings. The maximum absolute atomic E-state index is 12.2. The number of hydrogen-bond donors (Lipinski definition) is 1. The summed E-state index contributed by atoms with van der Waals surface area (Å²) in [4.78, 5) is 17.2. The number of nitrogens with one attached hydrogen (secondary N) is 1. The van der Waals surface area contributed by atoms with E-state index in [-0.39, 0.29) is 18.1 Å². The second-order valence-corrected chi connectivity index (χ2v) is 7.58. The number of nitrogens with zero attached hydrogens (tertiary/aromatic N) is 1. The molecule has 1 N–H and O–H groups in total. The van der Waals surface area contributed by atoms with Crippen LogP contribution >= 0.6 is 0 Å². The van der Waals surface area contributed by atoms with Crippen molar-refractivity contribution in [3.05, 3.63) is 29.8 Å². The van der Waals surface area contributed by atoms with Gasteiger partial charge in [0.15, 0.2) is 0 Å². The zero-order chi connectivity index (χ0) is 17.6. The Labute approximate surface area is 142 Å². The number of sulfonamides is 1. The van der Waals surface area contributed by atoms with Crippen molar-refractivity contribution in [3.63, 3.8) is 0 Å². The third kappa shape index (κ3) is 5.47.